The van der Waals surface area contributed by atoms with Crippen LogP contribution in [0.5, 0.6) is 0 Å². The van der Waals surface area contributed by atoms with Crippen molar-refractivity contribution in [2.45, 2.75) is 12.8 Å². The smallest absolute Gasteiger partial charge is 0.872 e. The molecule has 0 amide bonds. The quantitative estimate of drug-likeness (QED) is 0.0390. The zero-order valence-corrected chi connectivity index (χ0v) is 46.9. The van der Waals surface area contributed by atoms with Crippen LogP contribution in [-0.2, 0) is 47.0 Å². The number of ketones is 4. The van der Waals surface area contributed by atoms with E-state index in [1.165, 1.54) is 0 Å². The van der Waals surface area contributed by atoms with Crippen molar-refractivity contribution in [3.05, 3.63) is 371 Å². The monoisotopic (exact) mass is 1200 g/mol. The molecule has 84 heavy (non-hydrogen) atoms. The molecule has 10 rings (SSSR count). The predicted molar refractivity (Wildman–Crippen MR) is 315 cm³/mol. The van der Waals surface area contributed by atoms with E-state index in [2.05, 4.69) is 9.97 Å². The summed E-state index contributed by atoms with van der Waals surface area (Å²) >= 11 is 0. The molecule has 10 aromatic rings. The number of hydrogen-bond donors (Lipinski definition) is 0. The number of benzene rings is 8. The van der Waals surface area contributed by atoms with Crippen molar-refractivity contribution in [3.8, 4) is 0 Å². The second-order valence-electron chi connectivity index (χ2n) is 18.1. The minimum Gasteiger partial charge on any atom is -0.872 e. The van der Waals surface area contributed by atoms with Crippen LogP contribution in [0, 0.1) is 0 Å². The van der Waals surface area contributed by atoms with Crippen LogP contribution in [0.25, 0.3) is 23.0 Å². The number of aromatic nitrogens is 2. The van der Waals surface area contributed by atoms with Gasteiger partial charge in [0.05, 0.1) is 0 Å². The van der Waals surface area contributed by atoms with Gasteiger partial charge in [-0.1, -0.05) is 254 Å². The van der Waals surface area contributed by atoms with Gasteiger partial charge in [-0.3, -0.25) is 29.1 Å². The molecule has 0 N–H and O–H groups in total. The first-order valence-electron chi connectivity index (χ1n) is 26.0. The summed E-state index contributed by atoms with van der Waals surface area (Å²) in [5, 5.41) is 49.7. The normalized spacial score (nSPS) is 11.0. The molecular weight excluding hydrogens is 1150 g/mol. The Morgan fingerprint density at radius 1 is 0.250 bits per heavy atom. The minimum absolute atomic E-state index is 0. The fourth-order valence-electron chi connectivity index (χ4n) is 7.80. The Hall–Kier alpha value is -10.1. The van der Waals surface area contributed by atoms with Gasteiger partial charge in [-0.25, -0.2) is 0 Å². The van der Waals surface area contributed by atoms with E-state index in [0.29, 0.717) is 57.3 Å². The maximum absolute atomic E-state index is 12.4. The Kier molecular flexibility index (Phi) is 26.9. The van der Waals surface area contributed by atoms with E-state index in [4.69, 9.17) is 0 Å². The van der Waals surface area contributed by atoms with Crippen molar-refractivity contribution >= 4 is 46.2 Å². The van der Waals surface area contributed by atoms with Crippen molar-refractivity contribution in [2.75, 3.05) is 0 Å². The van der Waals surface area contributed by atoms with E-state index in [1.54, 1.807) is 170 Å². The van der Waals surface area contributed by atoms with Crippen LogP contribution >= 0.6 is 0 Å². The number of hydrogen-bond acceptors (Lipinski definition) is 10. The number of pyridine rings is 2. The predicted octanol–water partition coefficient (Wildman–Crippen LogP) is 11.0. The molecule has 0 aliphatic carbocycles. The van der Waals surface area contributed by atoms with Crippen LogP contribution in [0.4, 0.5) is 0 Å². The van der Waals surface area contributed by atoms with Gasteiger partial charge >= 0.3 is 34.1 Å². The topological polar surface area (TPSA) is 186 Å². The van der Waals surface area contributed by atoms with Crippen LogP contribution in [0.2, 0.25) is 0 Å². The minimum atomic E-state index is -0.338. The molecule has 2 radical (unpaired) electrons. The van der Waals surface area contributed by atoms with E-state index in [0.717, 1.165) is 46.6 Å². The van der Waals surface area contributed by atoms with Gasteiger partial charge < -0.3 is 20.4 Å². The molecule has 10 nitrogen and oxygen atoms in total. The Morgan fingerprint density at radius 3 is 0.583 bits per heavy atom. The number of allylic oxidation sites excluding steroid dienone is 4. The van der Waals surface area contributed by atoms with E-state index < -0.39 is 0 Å². The first-order chi connectivity index (χ1) is 40.0. The molecule has 0 aliphatic rings. The summed E-state index contributed by atoms with van der Waals surface area (Å²) in [6.07, 6.45) is 12.7. The third-order valence-electron chi connectivity index (χ3n) is 12.2. The van der Waals surface area contributed by atoms with Crippen LogP contribution in [0.1, 0.15) is 85.9 Å². The summed E-state index contributed by atoms with van der Waals surface area (Å²) in [7, 11) is 0. The van der Waals surface area contributed by atoms with Crippen LogP contribution < -0.4 is 20.4 Å². The molecule has 2 aromatic heterocycles. The van der Waals surface area contributed by atoms with Crippen LogP contribution in [0.3, 0.4) is 0 Å². The zero-order chi connectivity index (χ0) is 57.7. The van der Waals surface area contributed by atoms with Crippen LogP contribution in [0.15, 0.2) is 304 Å². The third kappa shape index (κ3) is 21.4. The third-order valence-corrected chi connectivity index (χ3v) is 12.2. The Balaban J connectivity index is 0.000000250. The molecule has 0 saturated carbocycles. The van der Waals surface area contributed by atoms with E-state index >= 15 is 0 Å². The summed E-state index contributed by atoms with van der Waals surface area (Å²) in [6, 6.07) is 74.5. The molecule has 0 spiro atoms. The van der Waals surface area contributed by atoms with Crippen molar-refractivity contribution < 1.29 is 73.7 Å². The van der Waals surface area contributed by atoms with Crippen molar-refractivity contribution in [3.63, 3.8) is 0 Å². The summed E-state index contributed by atoms with van der Waals surface area (Å²) < 4.78 is 0. The number of rotatable bonds is 16. The van der Waals surface area contributed by atoms with E-state index in [-0.39, 0.29) is 80.3 Å². The SMILES string of the molecule is O=C(/C=C(\[O-])c1ccc(Cc2ccc(/C([O-])=C/C(=O)c3ccccc3)cc2)cc1)c1ccccc1.O=C(/C=C(\[O-])c1ccc(Cc2ccc(/C([O-])=C/C(=O)c3ccccc3)cc2)cc1)c1ccccc1.[Cu+2].[Cu+2].c1ccncc1.c1ccncc1. The van der Waals surface area contributed by atoms with Gasteiger partial charge in [-0.15, -0.1) is 0 Å². The maximum atomic E-state index is 12.4. The molecule has 12 heteroatoms. The van der Waals surface area contributed by atoms with Crippen molar-refractivity contribution in [1.29, 1.82) is 0 Å². The van der Waals surface area contributed by atoms with Gasteiger partial charge in [0.2, 0.25) is 0 Å². The van der Waals surface area contributed by atoms with Gasteiger partial charge in [0, 0.05) is 47.0 Å². The average Bonchev–Trinajstić information content (AvgIpc) is 3.57. The van der Waals surface area contributed by atoms with Crippen LogP contribution in [-0.4, -0.2) is 33.1 Å². The molecule has 0 aliphatic heterocycles. The summed E-state index contributed by atoms with van der Waals surface area (Å²) in [6.45, 7) is 0. The van der Waals surface area contributed by atoms with Crippen molar-refractivity contribution in [2.24, 2.45) is 0 Å². The van der Waals surface area contributed by atoms with Gasteiger partial charge in [0.15, 0.2) is 23.1 Å². The average molecular weight is 1200 g/mol. The van der Waals surface area contributed by atoms with Gasteiger partial charge in [-0.05, 0) is 106 Å². The first kappa shape index (κ1) is 64.8. The van der Waals surface area contributed by atoms with E-state index in [1.807, 2.05) is 109 Å². The second kappa shape index (κ2) is 34.9. The summed E-state index contributed by atoms with van der Waals surface area (Å²) in [5.41, 5.74) is 7.61. The Morgan fingerprint density at radius 2 is 0.429 bits per heavy atom. The molecule has 0 fully saturated rings. The molecule has 0 saturated heterocycles. The molecule has 0 atom stereocenters. The van der Waals surface area contributed by atoms with Gasteiger partial charge in [0.1, 0.15) is 0 Å². The molecule has 8 aromatic carbocycles. The fourth-order valence-corrected chi connectivity index (χ4v) is 7.80. The van der Waals surface area contributed by atoms with Gasteiger partial charge in [-0.2, -0.15) is 0 Å². The zero-order valence-electron chi connectivity index (χ0n) is 45.0. The molecule has 2 heterocycles. The first-order valence-corrected chi connectivity index (χ1v) is 26.0. The number of carbonyl (C=O) groups excluding carboxylic acids is 4. The Bertz CT molecular complexity index is 3210. The standard InChI is InChI=1S/2C31H24O4.2C5H5N.2Cu/c2*32-28(24-7-3-1-4-8-24)20-30(34)26-15-11-22(12-16-26)19-23-13-17-27(18-14-23)31(35)21-29(33)25-9-5-2-6-10-25;2*1-2-4-6-5-3-1;;/h2*1-18,20-21,34-35H,19H2;2*1-5H;;/q;;;;2*+2/p-4/b2*30-20-,31-21-;;;;. The largest absolute Gasteiger partial charge is 2.00 e. The molecular formula is C72H54Cu2N2O8. The number of nitrogens with zero attached hydrogens (tertiary/aromatic N) is 2. The van der Waals surface area contributed by atoms with Gasteiger partial charge in [0.25, 0.3) is 0 Å². The van der Waals surface area contributed by atoms with Crippen molar-refractivity contribution in [1.82, 2.24) is 9.97 Å². The maximum Gasteiger partial charge on any atom is 2.00 e. The molecule has 422 valence electrons. The molecule has 0 bridgehead atoms. The molecule has 0 unspecified atom stereocenters. The summed E-state index contributed by atoms with van der Waals surface area (Å²) in [4.78, 5) is 56.5. The van der Waals surface area contributed by atoms with E-state index in [9.17, 15) is 39.6 Å². The Labute approximate surface area is 510 Å². The number of carbonyl (C=O) groups is 4. The summed E-state index contributed by atoms with van der Waals surface area (Å²) in [5.74, 6) is -2.64. The second-order valence-corrected chi connectivity index (χ2v) is 18.1. The fraction of sp³-hybridized carbons (Fsp3) is 0.0278.